The van der Waals surface area contributed by atoms with Gasteiger partial charge in [0.15, 0.2) is 11.5 Å². The van der Waals surface area contributed by atoms with Gasteiger partial charge in [-0.3, -0.25) is 14.9 Å². The van der Waals surface area contributed by atoms with E-state index < -0.39 is 28.1 Å². The molecule has 2 rings (SSSR count). The highest BCUT2D eigenvalue weighted by Gasteiger charge is 2.17. The average molecular weight is 290 g/mol. The molecule has 8 heteroatoms. The Morgan fingerprint density at radius 2 is 1.81 bits per heavy atom. The topological polar surface area (TPSA) is 133 Å². The summed E-state index contributed by atoms with van der Waals surface area (Å²) in [6, 6.07) is 6.99. The van der Waals surface area contributed by atoms with E-state index in [1.54, 1.807) is 0 Å². The number of hydrogen-bond donors (Lipinski definition) is 4. The molecule has 0 aliphatic rings. The molecule has 0 aliphatic carbocycles. The van der Waals surface area contributed by atoms with Crippen LogP contribution in [0.25, 0.3) is 0 Å². The van der Waals surface area contributed by atoms with Crippen LogP contribution in [-0.4, -0.2) is 26.2 Å². The molecule has 2 aromatic carbocycles. The minimum atomic E-state index is -0.785. The summed E-state index contributed by atoms with van der Waals surface area (Å²) in [7, 11) is 0. The lowest BCUT2D eigenvalue weighted by Gasteiger charge is -2.09. The third kappa shape index (κ3) is 2.84. The highest BCUT2D eigenvalue weighted by atomic mass is 16.6. The maximum absolute atomic E-state index is 11.9. The molecule has 0 radical (unpaired) electrons. The Balaban J connectivity index is 2.28. The van der Waals surface area contributed by atoms with Crippen molar-refractivity contribution in [1.82, 2.24) is 0 Å². The number of phenolic OH excluding ortho intramolecular Hbond substituents is 3. The zero-order valence-electron chi connectivity index (χ0n) is 10.5. The molecule has 4 N–H and O–H groups in total. The average Bonchev–Trinajstić information content (AvgIpc) is 2.43. The summed E-state index contributed by atoms with van der Waals surface area (Å²) in [5.74, 6) is -2.34. The lowest BCUT2D eigenvalue weighted by molar-refractivity contribution is -0.384. The van der Waals surface area contributed by atoms with E-state index in [2.05, 4.69) is 5.32 Å². The van der Waals surface area contributed by atoms with Gasteiger partial charge >= 0.3 is 0 Å². The van der Waals surface area contributed by atoms with Gasteiger partial charge in [-0.1, -0.05) is 6.07 Å². The van der Waals surface area contributed by atoms with Crippen LogP contribution in [0, 0.1) is 10.1 Å². The normalized spacial score (nSPS) is 10.1. The molecule has 21 heavy (non-hydrogen) atoms. The largest absolute Gasteiger partial charge is 0.506 e. The van der Waals surface area contributed by atoms with Gasteiger partial charge in [0.25, 0.3) is 11.6 Å². The van der Waals surface area contributed by atoms with Crippen LogP contribution in [0.1, 0.15) is 10.4 Å². The van der Waals surface area contributed by atoms with Gasteiger partial charge in [-0.15, -0.1) is 0 Å². The van der Waals surface area contributed by atoms with Crippen molar-refractivity contribution < 1.29 is 25.0 Å². The van der Waals surface area contributed by atoms with E-state index in [-0.39, 0.29) is 16.9 Å². The van der Waals surface area contributed by atoms with Gasteiger partial charge < -0.3 is 20.6 Å². The first-order valence-electron chi connectivity index (χ1n) is 5.70. The zero-order chi connectivity index (χ0) is 15.6. The van der Waals surface area contributed by atoms with Crippen LogP contribution in [0.4, 0.5) is 11.4 Å². The zero-order valence-corrected chi connectivity index (χ0v) is 10.5. The van der Waals surface area contributed by atoms with Gasteiger partial charge in [-0.25, -0.2) is 0 Å². The van der Waals surface area contributed by atoms with Crippen molar-refractivity contribution in [2.75, 3.05) is 5.32 Å². The summed E-state index contributed by atoms with van der Waals surface area (Å²) in [5, 5.41) is 41.3. The molecule has 0 aromatic heterocycles. The Kier molecular flexibility index (Phi) is 3.61. The molecule has 0 unspecified atom stereocenters. The second-order valence-corrected chi connectivity index (χ2v) is 4.09. The molecular weight excluding hydrogens is 280 g/mol. The summed E-state index contributed by atoms with van der Waals surface area (Å²) in [5.41, 5.74) is -0.591. The number of benzene rings is 2. The van der Waals surface area contributed by atoms with Crippen molar-refractivity contribution in [2.24, 2.45) is 0 Å². The minimum Gasteiger partial charge on any atom is -0.506 e. The maximum Gasteiger partial charge on any atom is 0.273 e. The van der Waals surface area contributed by atoms with E-state index in [0.717, 1.165) is 18.2 Å². The van der Waals surface area contributed by atoms with Crippen molar-refractivity contribution in [3.8, 4) is 17.2 Å². The molecule has 0 bridgehead atoms. The number of nitrogens with one attached hydrogen (secondary N) is 1. The number of aromatic hydroxyl groups is 3. The van der Waals surface area contributed by atoms with E-state index in [1.807, 2.05) is 0 Å². The summed E-state index contributed by atoms with van der Waals surface area (Å²) < 4.78 is 0. The first kappa shape index (κ1) is 14.1. The number of carbonyl (C=O) groups is 1. The van der Waals surface area contributed by atoms with Crippen LogP contribution < -0.4 is 5.32 Å². The van der Waals surface area contributed by atoms with Gasteiger partial charge in [-0.2, -0.15) is 0 Å². The van der Waals surface area contributed by atoms with Crippen molar-refractivity contribution in [3.05, 3.63) is 52.1 Å². The maximum atomic E-state index is 11.9. The quantitative estimate of drug-likeness (QED) is 0.388. The van der Waals surface area contributed by atoms with Crippen LogP contribution >= 0.6 is 0 Å². The number of carbonyl (C=O) groups excluding carboxylic acids is 1. The SMILES string of the molecule is O=C(Nc1ccc([N+](=O)[O-])cc1O)c1cccc(O)c1O. The fourth-order valence-electron chi connectivity index (χ4n) is 1.64. The highest BCUT2D eigenvalue weighted by Crippen LogP contribution is 2.31. The highest BCUT2D eigenvalue weighted by molar-refractivity contribution is 6.07. The molecule has 1 amide bonds. The Labute approximate surface area is 118 Å². The molecule has 108 valence electrons. The number of phenols is 3. The predicted molar refractivity (Wildman–Crippen MR) is 72.5 cm³/mol. The molecule has 0 saturated carbocycles. The Morgan fingerprint density at radius 3 is 2.43 bits per heavy atom. The van der Waals surface area contributed by atoms with Gasteiger partial charge in [-0.05, 0) is 18.2 Å². The number of nitro groups is 1. The summed E-state index contributed by atoms with van der Waals surface area (Å²) >= 11 is 0. The first-order chi connectivity index (χ1) is 9.90. The Hall–Kier alpha value is -3.29. The van der Waals surface area contributed by atoms with Gasteiger partial charge in [0.1, 0.15) is 5.75 Å². The van der Waals surface area contributed by atoms with Crippen molar-refractivity contribution in [2.45, 2.75) is 0 Å². The number of nitro benzene ring substituents is 1. The van der Waals surface area contributed by atoms with Gasteiger partial charge in [0, 0.05) is 6.07 Å². The molecule has 0 heterocycles. The lowest BCUT2D eigenvalue weighted by Crippen LogP contribution is -2.12. The second kappa shape index (κ2) is 5.37. The number of para-hydroxylation sites is 1. The van der Waals surface area contributed by atoms with E-state index >= 15 is 0 Å². The molecule has 8 nitrogen and oxygen atoms in total. The van der Waals surface area contributed by atoms with Gasteiger partial charge in [0.05, 0.1) is 22.2 Å². The van der Waals surface area contributed by atoms with E-state index in [9.17, 15) is 30.2 Å². The summed E-state index contributed by atoms with van der Waals surface area (Å²) in [6.45, 7) is 0. The van der Waals surface area contributed by atoms with Crippen LogP contribution in [0.3, 0.4) is 0 Å². The smallest absolute Gasteiger partial charge is 0.273 e. The molecule has 0 spiro atoms. The fourth-order valence-corrected chi connectivity index (χ4v) is 1.64. The number of rotatable bonds is 3. The second-order valence-electron chi connectivity index (χ2n) is 4.09. The third-order valence-corrected chi connectivity index (χ3v) is 2.70. The number of hydrogen-bond acceptors (Lipinski definition) is 6. The fraction of sp³-hybridized carbons (Fsp3) is 0. The Bertz CT molecular complexity index is 729. The van der Waals surface area contributed by atoms with Crippen molar-refractivity contribution >= 4 is 17.3 Å². The molecule has 0 atom stereocenters. The van der Waals surface area contributed by atoms with Crippen LogP contribution in [-0.2, 0) is 0 Å². The van der Waals surface area contributed by atoms with Gasteiger partial charge in [0.2, 0.25) is 0 Å². The van der Waals surface area contributed by atoms with Crippen LogP contribution in [0.2, 0.25) is 0 Å². The number of anilines is 1. The van der Waals surface area contributed by atoms with E-state index in [0.29, 0.717) is 0 Å². The van der Waals surface area contributed by atoms with E-state index in [4.69, 9.17) is 0 Å². The molecule has 0 fully saturated rings. The lowest BCUT2D eigenvalue weighted by atomic mass is 10.1. The first-order valence-corrected chi connectivity index (χ1v) is 5.70. The van der Waals surface area contributed by atoms with Crippen molar-refractivity contribution in [1.29, 1.82) is 0 Å². The Morgan fingerprint density at radius 1 is 1.10 bits per heavy atom. The van der Waals surface area contributed by atoms with Crippen molar-refractivity contribution in [3.63, 3.8) is 0 Å². The standard InChI is InChI=1S/C13H10N2O6/c16-10-3-1-2-8(12(10)18)13(19)14-9-5-4-7(15(20)21)6-11(9)17/h1-6,16-18H,(H,14,19). The number of amides is 1. The minimum absolute atomic E-state index is 0.0617. The number of non-ortho nitro benzene ring substituents is 1. The summed E-state index contributed by atoms with van der Waals surface area (Å²) in [6.07, 6.45) is 0. The van der Waals surface area contributed by atoms with Crippen LogP contribution in [0.5, 0.6) is 17.2 Å². The molecule has 0 aliphatic heterocycles. The molecule has 0 saturated heterocycles. The molecule has 2 aromatic rings. The summed E-state index contributed by atoms with van der Waals surface area (Å²) in [4.78, 5) is 21.8. The predicted octanol–water partition coefficient (Wildman–Crippen LogP) is 1.96. The monoisotopic (exact) mass is 290 g/mol. The van der Waals surface area contributed by atoms with E-state index in [1.165, 1.54) is 18.2 Å². The number of nitrogens with zero attached hydrogens (tertiary/aromatic N) is 1. The third-order valence-electron chi connectivity index (χ3n) is 2.70. The van der Waals surface area contributed by atoms with Crippen LogP contribution in [0.15, 0.2) is 36.4 Å². The molecular formula is C13H10N2O6.